The molecule has 88 valence electrons. The van der Waals surface area contributed by atoms with Crippen molar-refractivity contribution in [3.63, 3.8) is 0 Å². The van der Waals surface area contributed by atoms with Crippen molar-refractivity contribution in [3.8, 4) is 0 Å². The fourth-order valence-corrected chi connectivity index (χ4v) is 2.05. The number of carbonyl (C=O) groups excluding carboxylic acids is 1. The highest BCUT2D eigenvalue weighted by Gasteiger charge is 2.29. The monoisotopic (exact) mass is 215 g/mol. The second kappa shape index (κ2) is 5.47. The summed E-state index contributed by atoms with van der Waals surface area (Å²) in [4.78, 5) is 13.5. The molecule has 0 aromatic heterocycles. The lowest BCUT2D eigenvalue weighted by molar-refractivity contribution is -0.147. The largest absolute Gasteiger partial charge is 0.469 e. The van der Waals surface area contributed by atoms with Gasteiger partial charge in [-0.3, -0.25) is 9.69 Å². The van der Waals surface area contributed by atoms with Gasteiger partial charge < -0.3 is 9.84 Å². The minimum atomic E-state index is -0.244. The van der Waals surface area contributed by atoms with Gasteiger partial charge in [0.1, 0.15) is 0 Å². The van der Waals surface area contributed by atoms with E-state index in [1.54, 1.807) is 0 Å². The third-order valence-corrected chi connectivity index (χ3v) is 3.30. The molecule has 0 bridgehead atoms. The number of β-amino-alcohol motifs (C(OH)–C–C–N with tert-alkyl or cyclic N) is 1. The van der Waals surface area contributed by atoms with Crippen LogP contribution in [-0.2, 0) is 9.53 Å². The Balaban J connectivity index is 2.51. The van der Waals surface area contributed by atoms with E-state index in [1.165, 1.54) is 7.11 Å². The van der Waals surface area contributed by atoms with Gasteiger partial charge in [0.2, 0.25) is 0 Å². The number of hydrogen-bond acceptors (Lipinski definition) is 4. The van der Waals surface area contributed by atoms with E-state index in [0.29, 0.717) is 6.54 Å². The third-order valence-electron chi connectivity index (χ3n) is 3.30. The molecule has 1 rings (SSSR count). The molecule has 1 fully saturated rings. The van der Waals surface area contributed by atoms with E-state index >= 15 is 0 Å². The Morgan fingerprint density at radius 2 is 2.20 bits per heavy atom. The molecule has 1 N–H and O–H groups in total. The van der Waals surface area contributed by atoms with Crippen molar-refractivity contribution in [3.05, 3.63) is 0 Å². The SMILES string of the molecule is COC(=O)C(C)C(C)N1CCC[C@H](O)C1. The number of aliphatic hydroxyl groups is 1. The van der Waals surface area contributed by atoms with Crippen molar-refractivity contribution in [1.29, 1.82) is 0 Å². The zero-order valence-corrected chi connectivity index (χ0v) is 9.77. The summed E-state index contributed by atoms with van der Waals surface area (Å²) in [6.07, 6.45) is 1.63. The Morgan fingerprint density at radius 1 is 1.53 bits per heavy atom. The summed E-state index contributed by atoms with van der Waals surface area (Å²) in [5, 5.41) is 9.55. The number of esters is 1. The second-order valence-corrected chi connectivity index (χ2v) is 4.34. The first-order chi connectivity index (χ1) is 7.06. The molecule has 0 amide bonds. The zero-order chi connectivity index (χ0) is 11.4. The van der Waals surface area contributed by atoms with Crippen LogP contribution in [0.25, 0.3) is 0 Å². The summed E-state index contributed by atoms with van der Waals surface area (Å²) in [5.74, 6) is -0.317. The van der Waals surface area contributed by atoms with Gasteiger partial charge in [-0.1, -0.05) is 6.92 Å². The molecule has 1 saturated heterocycles. The average molecular weight is 215 g/mol. The Kier molecular flexibility index (Phi) is 4.54. The molecule has 0 aromatic rings. The first-order valence-corrected chi connectivity index (χ1v) is 5.56. The number of aliphatic hydroxyl groups excluding tert-OH is 1. The number of hydrogen-bond donors (Lipinski definition) is 1. The number of nitrogens with zero attached hydrogens (tertiary/aromatic N) is 1. The van der Waals surface area contributed by atoms with Crippen LogP contribution in [0.3, 0.4) is 0 Å². The van der Waals surface area contributed by atoms with Crippen molar-refractivity contribution in [2.24, 2.45) is 5.92 Å². The lowest BCUT2D eigenvalue weighted by atomic mass is 9.98. The van der Waals surface area contributed by atoms with Crippen LogP contribution in [-0.4, -0.2) is 48.3 Å². The van der Waals surface area contributed by atoms with Crippen LogP contribution in [0.5, 0.6) is 0 Å². The van der Waals surface area contributed by atoms with Crippen LogP contribution in [0, 0.1) is 5.92 Å². The molecule has 0 radical (unpaired) electrons. The molecule has 0 aromatic carbocycles. The molecule has 2 unspecified atom stereocenters. The summed E-state index contributed by atoms with van der Waals surface area (Å²) < 4.78 is 4.72. The third kappa shape index (κ3) is 3.18. The number of rotatable bonds is 3. The van der Waals surface area contributed by atoms with E-state index in [4.69, 9.17) is 4.74 Å². The van der Waals surface area contributed by atoms with E-state index in [0.717, 1.165) is 19.4 Å². The van der Waals surface area contributed by atoms with Gasteiger partial charge in [0, 0.05) is 12.6 Å². The highest BCUT2D eigenvalue weighted by molar-refractivity contribution is 5.72. The number of carbonyl (C=O) groups is 1. The topological polar surface area (TPSA) is 49.8 Å². The van der Waals surface area contributed by atoms with Crippen LogP contribution in [0.4, 0.5) is 0 Å². The maximum absolute atomic E-state index is 11.4. The summed E-state index contributed by atoms with van der Waals surface area (Å²) in [7, 11) is 1.41. The number of piperidine rings is 1. The summed E-state index contributed by atoms with van der Waals surface area (Å²) in [5.41, 5.74) is 0. The molecular weight excluding hydrogens is 194 g/mol. The predicted octanol–water partition coefficient (Wildman–Crippen LogP) is 0.641. The molecule has 1 heterocycles. The Bertz CT molecular complexity index is 220. The Hall–Kier alpha value is -0.610. The molecular formula is C11H21NO3. The minimum absolute atomic E-state index is 0.132. The van der Waals surface area contributed by atoms with Gasteiger partial charge in [0.05, 0.1) is 19.1 Å². The van der Waals surface area contributed by atoms with Gasteiger partial charge >= 0.3 is 5.97 Å². The van der Waals surface area contributed by atoms with Gasteiger partial charge in [0.25, 0.3) is 0 Å². The lowest BCUT2D eigenvalue weighted by Gasteiger charge is -2.36. The fraction of sp³-hybridized carbons (Fsp3) is 0.909. The van der Waals surface area contributed by atoms with Crippen LogP contribution >= 0.6 is 0 Å². The van der Waals surface area contributed by atoms with Crippen LogP contribution in [0.2, 0.25) is 0 Å². The summed E-state index contributed by atoms with van der Waals surface area (Å²) in [6, 6.07) is 0.132. The molecule has 0 aliphatic carbocycles. The van der Waals surface area contributed by atoms with E-state index in [1.807, 2.05) is 13.8 Å². The Morgan fingerprint density at radius 3 is 2.73 bits per heavy atom. The van der Waals surface area contributed by atoms with E-state index in [9.17, 15) is 9.90 Å². The molecule has 3 atom stereocenters. The predicted molar refractivity (Wildman–Crippen MR) is 57.5 cm³/mol. The first-order valence-electron chi connectivity index (χ1n) is 5.56. The molecule has 4 heteroatoms. The van der Waals surface area contributed by atoms with Crippen molar-refractivity contribution in [2.45, 2.75) is 38.8 Å². The molecule has 15 heavy (non-hydrogen) atoms. The zero-order valence-electron chi connectivity index (χ0n) is 9.77. The summed E-state index contributed by atoms with van der Waals surface area (Å²) in [6.45, 7) is 5.51. The van der Waals surface area contributed by atoms with Crippen LogP contribution in [0.15, 0.2) is 0 Å². The standard InChI is InChI=1S/C11H21NO3/c1-8(11(14)15-3)9(2)12-6-4-5-10(13)7-12/h8-10,13H,4-7H2,1-3H3/t8?,9?,10-/m0/s1. The quantitative estimate of drug-likeness (QED) is 0.702. The smallest absolute Gasteiger partial charge is 0.309 e. The van der Waals surface area contributed by atoms with E-state index in [-0.39, 0.29) is 24.0 Å². The maximum Gasteiger partial charge on any atom is 0.309 e. The Labute approximate surface area is 91.2 Å². The first kappa shape index (κ1) is 12.5. The number of ether oxygens (including phenoxy) is 1. The fourth-order valence-electron chi connectivity index (χ4n) is 2.05. The highest BCUT2D eigenvalue weighted by atomic mass is 16.5. The van der Waals surface area contributed by atoms with Crippen molar-refractivity contribution < 1.29 is 14.6 Å². The van der Waals surface area contributed by atoms with Gasteiger partial charge in [-0.25, -0.2) is 0 Å². The van der Waals surface area contributed by atoms with Gasteiger partial charge in [-0.05, 0) is 26.3 Å². The van der Waals surface area contributed by atoms with Crippen LogP contribution < -0.4 is 0 Å². The molecule has 4 nitrogen and oxygen atoms in total. The second-order valence-electron chi connectivity index (χ2n) is 4.34. The summed E-state index contributed by atoms with van der Waals surface area (Å²) >= 11 is 0. The minimum Gasteiger partial charge on any atom is -0.469 e. The molecule has 0 saturated carbocycles. The number of likely N-dealkylation sites (tertiary alicyclic amines) is 1. The molecule has 1 aliphatic heterocycles. The van der Waals surface area contributed by atoms with Gasteiger partial charge in [-0.2, -0.15) is 0 Å². The lowest BCUT2D eigenvalue weighted by Crippen LogP contribution is -2.47. The normalized spacial score (nSPS) is 27.1. The average Bonchev–Trinajstić information content (AvgIpc) is 2.26. The maximum atomic E-state index is 11.4. The van der Waals surface area contributed by atoms with Crippen molar-refractivity contribution >= 4 is 5.97 Å². The van der Waals surface area contributed by atoms with E-state index < -0.39 is 0 Å². The number of methoxy groups -OCH3 is 1. The molecule has 0 spiro atoms. The van der Waals surface area contributed by atoms with Gasteiger partial charge in [-0.15, -0.1) is 0 Å². The molecule has 1 aliphatic rings. The van der Waals surface area contributed by atoms with Gasteiger partial charge in [0.15, 0.2) is 0 Å². The van der Waals surface area contributed by atoms with Crippen molar-refractivity contribution in [1.82, 2.24) is 4.90 Å². The van der Waals surface area contributed by atoms with E-state index in [2.05, 4.69) is 4.90 Å². The van der Waals surface area contributed by atoms with Crippen LogP contribution in [0.1, 0.15) is 26.7 Å². The van der Waals surface area contributed by atoms with Crippen molar-refractivity contribution in [2.75, 3.05) is 20.2 Å². The highest BCUT2D eigenvalue weighted by Crippen LogP contribution is 2.18.